The SMILES string of the molecule is CC1c2ccc(O)cc2N(c2ccccc2N)N1Cc1ccccc1. The molecule has 0 bridgehead atoms. The molecular formula is C21H21N3O. The summed E-state index contributed by atoms with van der Waals surface area (Å²) < 4.78 is 0. The zero-order chi connectivity index (χ0) is 17.4. The van der Waals surface area contributed by atoms with Gasteiger partial charge in [0, 0.05) is 12.6 Å². The number of hydrazine groups is 1. The number of para-hydroxylation sites is 2. The summed E-state index contributed by atoms with van der Waals surface area (Å²) >= 11 is 0. The van der Waals surface area contributed by atoms with Gasteiger partial charge in [0.2, 0.25) is 0 Å². The van der Waals surface area contributed by atoms with Crippen molar-refractivity contribution in [2.75, 3.05) is 10.7 Å². The molecule has 126 valence electrons. The molecule has 4 heteroatoms. The smallest absolute Gasteiger partial charge is 0.117 e. The van der Waals surface area contributed by atoms with Crippen molar-refractivity contribution < 1.29 is 5.11 Å². The second-order valence-electron chi connectivity index (χ2n) is 6.37. The fraction of sp³-hybridized carbons (Fsp3) is 0.143. The number of fused-ring (bicyclic) bond motifs is 1. The van der Waals surface area contributed by atoms with Gasteiger partial charge in [-0.25, -0.2) is 5.01 Å². The molecule has 4 rings (SSSR count). The van der Waals surface area contributed by atoms with Crippen molar-refractivity contribution in [2.24, 2.45) is 0 Å². The number of hydrogen-bond acceptors (Lipinski definition) is 4. The molecule has 0 amide bonds. The fourth-order valence-corrected chi connectivity index (χ4v) is 3.47. The Morgan fingerprint density at radius 2 is 1.64 bits per heavy atom. The summed E-state index contributed by atoms with van der Waals surface area (Å²) in [6.07, 6.45) is 0. The Morgan fingerprint density at radius 3 is 2.40 bits per heavy atom. The van der Waals surface area contributed by atoms with Crippen molar-refractivity contribution in [1.29, 1.82) is 0 Å². The van der Waals surface area contributed by atoms with Gasteiger partial charge in [-0.05, 0) is 36.2 Å². The Bertz CT molecular complexity index is 895. The van der Waals surface area contributed by atoms with E-state index in [9.17, 15) is 5.11 Å². The van der Waals surface area contributed by atoms with E-state index in [4.69, 9.17) is 5.73 Å². The highest BCUT2D eigenvalue weighted by molar-refractivity contribution is 5.78. The van der Waals surface area contributed by atoms with Crippen LogP contribution in [0.1, 0.15) is 24.1 Å². The lowest BCUT2D eigenvalue weighted by Gasteiger charge is -2.33. The van der Waals surface area contributed by atoms with E-state index in [0.717, 1.165) is 17.9 Å². The molecule has 1 atom stereocenters. The summed E-state index contributed by atoms with van der Waals surface area (Å²) in [4.78, 5) is 0. The van der Waals surface area contributed by atoms with E-state index in [1.54, 1.807) is 6.07 Å². The maximum Gasteiger partial charge on any atom is 0.117 e. The lowest BCUT2D eigenvalue weighted by atomic mass is 10.1. The lowest BCUT2D eigenvalue weighted by Crippen LogP contribution is -2.35. The number of rotatable bonds is 3. The minimum absolute atomic E-state index is 0.176. The van der Waals surface area contributed by atoms with E-state index < -0.39 is 0 Å². The normalized spacial score (nSPS) is 16.8. The molecule has 1 heterocycles. The summed E-state index contributed by atoms with van der Waals surface area (Å²) in [6, 6.07) is 23.9. The molecule has 1 aliphatic heterocycles. The fourth-order valence-electron chi connectivity index (χ4n) is 3.47. The topological polar surface area (TPSA) is 52.7 Å². The van der Waals surface area contributed by atoms with Crippen LogP contribution in [0.2, 0.25) is 0 Å². The average Bonchev–Trinajstić information content (AvgIpc) is 2.88. The maximum atomic E-state index is 10.0. The molecule has 1 aliphatic rings. The van der Waals surface area contributed by atoms with Crippen molar-refractivity contribution in [3.8, 4) is 5.75 Å². The number of phenols is 1. The van der Waals surface area contributed by atoms with Gasteiger partial charge in [-0.1, -0.05) is 48.5 Å². The number of nitrogen functional groups attached to an aromatic ring is 1. The van der Waals surface area contributed by atoms with E-state index in [2.05, 4.69) is 41.2 Å². The van der Waals surface area contributed by atoms with Crippen LogP contribution in [0.25, 0.3) is 0 Å². The highest BCUT2D eigenvalue weighted by atomic mass is 16.3. The van der Waals surface area contributed by atoms with Crippen LogP contribution < -0.4 is 10.7 Å². The van der Waals surface area contributed by atoms with Crippen molar-refractivity contribution in [1.82, 2.24) is 5.01 Å². The van der Waals surface area contributed by atoms with Gasteiger partial charge in [-0.2, -0.15) is 0 Å². The van der Waals surface area contributed by atoms with E-state index in [1.165, 1.54) is 11.1 Å². The van der Waals surface area contributed by atoms with Crippen LogP contribution in [0.15, 0.2) is 72.8 Å². The summed E-state index contributed by atoms with van der Waals surface area (Å²) in [5, 5.41) is 14.4. The van der Waals surface area contributed by atoms with Gasteiger partial charge < -0.3 is 10.8 Å². The van der Waals surface area contributed by atoms with E-state index >= 15 is 0 Å². The van der Waals surface area contributed by atoms with Crippen molar-refractivity contribution in [2.45, 2.75) is 19.5 Å². The van der Waals surface area contributed by atoms with Crippen LogP contribution in [0.4, 0.5) is 17.1 Å². The second kappa shape index (κ2) is 6.15. The molecule has 3 aromatic rings. The molecule has 0 fully saturated rings. The number of hydrogen-bond donors (Lipinski definition) is 2. The molecule has 0 saturated carbocycles. The molecular weight excluding hydrogens is 310 g/mol. The number of nitrogens with zero attached hydrogens (tertiary/aromatic N) is 2. The van der Waals surface area contributed by atoms with E-state index in [0.29, 0.717) is 5.69 Å². The number of nitrogens with two attached hydrogens (primary N) is 1. The summed E-state index contributed by atoms with van der Waals surface area (Å²) in [5.74, 6) is 0.256. The van der Waals surface area contributed by atoms with Gasteiger partial charge in [-0.3, -0.25) is 5.01 Å². The highest BCUT2D eigenvalue weighted by Gasteiger charge is 2.35. The minimum atomic E-state index is 0.176. The Morgan fingerprint density at radius 1 is 0.920 bits per heavy atom. The van der Waals surface area contributed by atoms with Gasteiger partial charge in [0.15, 0.2) is 0 Å². The van der Waals surface area contributed by atoms with Crippen LogP contribution in [-0.4, -0.2) is 10.1 Å². The molecule has 0 spiro atoms. The first-order valence-corrected chi connectivity index (χ1v) is 8.43. The van der Waals surface area contributed by atoms with Crippen LogP contribution >= 0.6 is 0 Å². The van der Waals surface area contributed by atoms with Crippen molar-refractivity contribution in [3.05, 3.63) is 83.9 Å². The number of anilines is 3. The van der Waals surface area contributed by atoms with Gasteiger partial charge in [-0.15, -0.1) is 0 Å². The molecule has 0 aromatic heterocycles. The average molecular weight is 331 g/mol. The standard InChI is InChI=1S/C21H21N3O/c1-15-18-12-11-17(25)13-21(18)24(20-10-6-5-9-19(20)22)23(15)14-16-7-3-2-4-8-16/h2-13,15,25H,14,22H2,1H3. The monoisotopic (exact) mass is 331 g/mol. The predicted molar refractivity (Wildman–Crippen MR) is 102 cm³/mol. The summed E-state index contributed by atoms with van der Waals surface area (Å²) in [6.45, 7) is 2.93. The summed E-state index contributed by atoms with van der Waals surface area (Å²) in [7, 11) is 0. The largest absolute Gasteiger partial charge is 0.508 e. The van der Waals surface area contributed by atoms with Crippen molar-refractivity contribution >= 4 is 17.1 Å². The van der Waals surface area contributed by atoms with Crippen molar-refractivity contribution in [3.63, 3.8) is 0 Å². The zero-order valence-electron chi connectivity index (χ0n) is 14.1. The Kier molecular flexibility index (Phi) is 3.82. The van der Waals surface area contributed by atoms with E-state index in [1.807, 2.05) is 42.5 Å². The second-order valence-corrected chi connectivity index (χ2v) is 6.37. The molecule has 3 N–H and O–H groups in total. The predicted octanol–water partition coefficient (Wildman–Crippen LogP) is 4.60. The van der Waals surface area contributed by atoms with Gasteiger partial charge in [0.25, 0.3) is 0 Å². The third-order valence-electron chi connectivity index (χ3n) is 4.75. The van der Waals surface area contributed by atoms with Crippen LogP contribution in [0.5, 0.6) is 5.75 Å². The molecule has 0 aliphatic carbocycles. The van der Waals surface area contributed by atoms with E-state index in [-0.39, 0.29) is 11.8 Å². The Balaban J connectivity index is 1.83. The highest BCUT2D eigenvalue weighted by Crippen LogP contribution is 2.47. The first kappa shape index (κ1) is 15.5. The molecule has 4 nitrogen and oxygen atoms in total. The maximum absolute atomic E-state index is 10.0. The first-order chi connectivity index (χ1) is 12.1. The van der Waals surface area contributed by atoms with Gasteiger partial charge in [0.1, 0.15) is 5.75 Å². The molecule has 1 unspecified atom stereocenters. The lowest BCUT2D eigenvalue weighted by molar-refractivity contribution is 0.227. The van der Waals surface area contributed by atoms with Crippen LogP contribution in [0.3, 0.4) is 0 Å². The van der Waals surface area contributed by atoms with Crippen LogP contribution in [-0.2, 0) is 6.54 Å². The third-order valence-corrected chi connectivity index (χ3v) is 4.75. The Labute approximate surface area is 147 Å². The quantitative estimate of drug-likeness (QED) is 0.689. The Hall–Kier alpha value is -2.98. The minimum Gasteiger partial charge on any atom is -0.508 e. The number of aromatic hydroxyl groups is 1. The molecule has 3 aromatic carbocycles. The zero-order valence-corrected chi connectivity index (χ0v) is 14.1. The first-order valence-electron chi connectivity index (χ1n) is 8.43. The number of benzene rings is 3. The molecule has 25 heavy (non-hydrogen) atoms. The number of phenolic OH excluding ortho intramolecular Hbond substituents is 1. The van der Waals surface area contributed by atoms with Gasteiger partial charge >= 0.3 is 0 Å². The van der Waals surface area contributed by atoms with Crippen LogP contribution in [0, 0.1) is 0 Å². The van der Waals surface area contributed by atoms with Gasteiger partial charge in [0.05, 0.1) is 23.1 Å². The molecule has 0 radical (unpaired) electrons. The molecule has 0 saturated heterocycles. The third kappa shape index (κ3) is 2.71. The summed E-state index contributed by atoms with van der Waals surface area (Å²) in [5.41, 5.74) is 11.3.